The Morgan fingerprint density at radius 3 is 1.94 bits per heavy atom. The smallest absolute Gasteiger partial charge is 0.261 e. The summed E-state index contributed by atoms with van der Waals surface area (Å²) in [6, 6.07) is 21.7. The molecule has 0 unspecified atom stereocenters. The Kier molecular flexibility index (Phi) is 10.1. The van der Waals surface area contributed by atoms with E-state index in [2.05, 4.69) is 108 Å². The molecule has 2 aromatic rings. The predicted octanol–water partition coefficient (Wildman–Crippen LogP) is 6.25. The molecule has 0 radical (unpaired) electrons. The summed E-state index contributed by atoms with van der Waals surface area (Å²) >= 11 is 0. The Morgan fingerprint density at radius 2 is 1.47 bits per heavy atom. The van der Waals surface area contributed by atoms with Crippen LogP contribution >= 0.6 is 0 Å². The summed E-state index contributed by atoms with van der Waals surface area (Å²) < 4.78 is 7.04. The van der Waals surface area contributed by atoms with E-state index in [0.29, 0.717) is 5.92 Å². The molecule has 2 nitrogen and oxygen atoms in total. The number of rotatable bonds is 11. The lowest BCUT2D eigenvalue weighted by Gasteiger charge is -2.43. The Balaban J connectivity index is 2.19. The summed E-state index contributed by atoms with van der Waals surface area (Å²) in [7, 11) is -2.45. The lowest BCUT2D eigenvalue weighted by Crippen LogP contribution is -2.66. The monoisotopic (exact) mass is 450 g/mol. The third kappa shape index (κ3) is 6.78. The molecule has 2 aromatic carbocycles. The van der Waals surface area contributed by atoms with E-state index in [0.717, 1.165) is 25.9 Å². The van der Waals surface area contributed by atoms with Gasteiger partial charge in [0.25, 0.3) is 8.32 Å². The van der Waals surface area contributed by atoms with Gasteiger partial charge >= 0.3 is 0 Å². The van der Waals surface area contributed by atoms with Crippen LogP contribution in [-0.2, 0) is 4.43 Å². The number of aliphatic hydroxyl groups is 1. The molecule has 0 aliphatic rings. The average molecular weight is 451 g/mol. The third-order valence-electron chi connectivity index (χ3n) is 6.51. The zero-order chi connectivity index (χ0) is 23.6. The molecule has 0 aliphatic heterocycles. The number of aliphatic hydroxyl groups excluding tert-OH is 1. The summed E-state index contributed by atoms with van der Waals surface area (Å²) in [6.45, 7) is 14.5. The maximum absolute atomic E-state index is 9.02. The highest BCUT2D eigenvalue weighted by molar-refractivity contribution is 6.99. The lowest BCUT2D eigenvalue weighted by molar-refractivity contribution is 0.276. The molecule has 0 aromatic heterocycles. The standard InChI is InChI=1S/C29H42O2Si/c1-24(20-22-30)14-13-15-25(2)26(3)21-23-31-32(29(4,5)6,27-16-9-7-10-17-27)28-18-11-8-12-19-28/h7-12,15-20,26,30H,13-14,21-23H2,1-6H3/b24-20+,25-15+/t26-/m0/s1. The van der Waals surface area contributed by atoms with E-state index in [1.807, 2.05) is 6.08 Å². The Bertz CT molecular complexity index is 824. The van der Waals surface area contributed by atoms with Crippen molar-refractivity contribution in [3.63, 3.8) is 0 Å². The third-order valence-corrected chi connectivity index (χ3v) is 11.6. The van der Waals surface area contributed by atoms with Crippen molar-refractivity contribution in [3.05, 3.63) is 84.0 Å². The van der Waals surface area contributed by atoms with Crippen LogP contribution in [0.2, 0.25) is 5.04 Å². The number of benzene rings is 2. The van der Waals surface area contributed by atoms with Gasteiger partial charge in [-0.3, -0.25) is 0 Å². The molecule has 0 saturated carbocycles. The molecule has 2 rings (SSSR count). The molecular formula is C29H42O2Si. The van der Waals surface area contributed by atoms with Crippen molar-refractivity contribution in [1.29, 1.82) is 0 Å². The summed E-state index contributed by atoms with van der Waals surface area (Å²) in [5.74, 6) is 0.482. The minimum Gasteiger partial charge on any atom is -0.407 e. The molecular weight excluding hydrogens is 408 g/mol. The fourth-order valence-electron chi connectivity index (χ4n) is 4.36. The fraction of sp³-hybridized carbons (Fsp3) is 0.448. The van der Waals surface area contributed by atoms with Gasteiger partial charge in [-0.25, -0.2) is 0 Å². The van der Waals surface area contributed by atoms with Crippen LogP contribution in [0.25, 0.3) is 0 Å². The molecule has 174 valence electrons. The first-order valence-electron chi connectivity index (χ1n) is 11.9. The second-order valence-electron chi connectivity index (χ2n) is 9.92. The highest BCUT2D eigenvalue weighted by atomic mass is 28.4. The molecule has 0 bridgehead atoms. The second kappa shape index (κ2) is 12.3. The van der Waals surface area contributed by atoms with Gasteiger partial charge < -0.3 is 9.53 Å². The van der Waals surface area contributed by atoms with E-state index in [4.69, 9.17) is 9.53 Å². The van der Waals surface area contributed by atoms with Crippen LogP contribution in [0.3, 0.4) is 0 Å². The molecule has 0 saturated heterocycles. The number of hydrogen-bond acceptors (Lipinski definition) is 2. The van der Waals surface area contributed by atoms with Gasteiger partial charge in [0.15, 0.2) is 0 Å². The summed E-state index contributed by atoms with van der Waals surface area (Å²) in [5.41, 5.74) is 2.67. The van der Waals surface area contributed by atoms with Crippen LogP contribution in [0.15, 0.2) is 84.0 Å². The van der Waals surface area contributed by atoms with Gasteiger partial charge in [0, 0.05) is 6.61 Å². The van der Waals surface area contributed by atoms with Gasteiger partial charge in [0.2, 0.25) is 0 Å². The number of allylic oxidation sites excluding steroid dienone is 3. The van der Waals surface area contributed by atoms with Gasteiger partial charge in [-0.2, -0.15) is 0 Å². The van der Waals surface area contributed by atoms with E-state index < -0.39 is 8.32 Å². The van der Waals surface area contributed by atoms with Crippen molar-refractivity contribution < 1.29 is 9.53 Å². The fourth-order valence-corrected chi connectivity index (χ4v) is 8.94. The van der Waals surface area contributed by atoms with Crippen molar-refractivity contribution in [1.82, 2.24) is 0 Å². The topological polar surface area (TPSA) is 29.5 Å². The molecule has 32 heavy (non-hydrogen) atoms. The van der Waals surface area contributed by atoms with E-state index >= 15 is 0 Å². The van der Waals surface area contributed by atoms with Crippen molar-refractivity contribution in [2.75, 3.05) is 13.2 Å². The SMILES string of the molecule is C/C(=C\CO)CC/C=C(\C)[C@@H](C)CCO[Si](c1ccccc1)(c1ccccc1)C(C)(C)C. The van der Waals surface area contributed by atoms with Gasteiger partial charge in [-0.1, -0.05) is 112 Å². The van der Waals surface area contributed by atoms with Crippen LogP contribution in [0, 0.1) is 5.92 Å². The highest BCUT2D eigenvalue weighted by Crippen LogP contribution is 2.37. The quantitative estimate of drug-likeness (QED) is 0.324. The summed E-state index contributed by atoms with van der Waals surface area (Å²) in [4.78, 5) is 0. The Morgan fingerprint density at radius 1 is 0.938 bits per heavy atom. The van der Waals surface area contributed by atoms with Gasteiger partial charge in [-0.05, 0) is 54.4 Å². The van der Waals surface area contributed by atoms with Gasteiger partial charge in [-0.15, -0.1) is 0 Å². The lowest BCUT2D eigenvalue weighted by atomic mass is 9.97. The minimum atomic E-state index is -2.45. The zero-order valence-electron chi connectivity index (χ0n) is 20.9. The summed E-state index contributed by atoms with van der Waals surface area (Å²) in [6.07, 6.45) is 7.28. The predicted molar refractivity (Wildman–Crippen MR) is 141 cm³/mol. The largest absolute Gasteiger partial charge is 0.407 e. The van der Waals surface area contributed by atoms with Crippen LogP contribution in [-0.4, -0.2) is 26.6 Å². The molecule has 3 heteroatoms. The van der Waals surface area contributed by atoms with Crippen molar-refractivity contribution in [3.8, 4) is 0 Å². The van der Waals surface area contributed by atoms with Crippen LogP contribution < -0.4 is 10.4 Å². The van der Waals surface area contributed by atoms with Gasteiger partial charge in [0.1, 0.15) is 0 Å². The van der Waals surface area contributed by atoms with Crippen molar-refractivity contribution >= 4 is 18.7 Å². The molecule has 0 fully saturated rings. The first-order valence-corrected chi connectivity index (χ1v) is 13.8. The maximum Gasteiger partial charge on any atom is 0.261 e. The Labute approximate surface area is 197 Å². The van der Waals surface area contributed by atoms with Gasteiger partial charge in [0.05, 0.1) is 6.61 Å². The molecule has 1 atom stereocenters. The molecule has 1 N–H and O–H groups in total. The molecule has 0 amide bonds. The zero-order valence-corrected chi connectivity index (χ0v) is 21.9. The summed E-state index contributed by atoms with van der Waals surface area (Å²) in [5, 5.41) is 11.7. The highest BCUT2D eigenvalue weighted by Gasteiger charge is 2.49. The normalized spacial score (nSPS) is 14.5. The molecule has 0 aliphatic carbocycles. The van der Waals surface area contributed by atoms with Crippen molar-refractivity contribution in [2.45, 2.75) is 65.8 Å². The van der Waals surface area contributed by atoms with Crippen molar-refractivity contribution in [2.24, 2.45) is 5.92 Å². The van der Waals surface area contributed by atoms with Crippen LogP contribution in [0.4, 0.5) is 0 Å². The second-order valence-corrected chi connectivity index (χ2v) is 14.2. The minimum absolute atomic E-state index is 0.0143. The van der Waals surface area contributed by atoms with Crippen LogP contribution in [0.5, 0.6) is 0 Å². The van der Waals surface area contributed by atoms with E-state index in [1.165, 1.54) is 21.5 Å². The van der Waals surface area contributed by atoms with E-state index in [9.17, 15) is 0 Å². The molecule has 0 spiro atoms. The van der Waals surface area contributed by atoms with E-state index in [1.54, 1.807) is 0 Å². The number of hydrogen-bond donors (Lipinski definition) is 1. The first kappa shape index (κ1) is 26.3. The first-order chi connectivity index (χ1) is 15.2. The van der Waals surface area contributed by atoms with Crippen LogP contribution in [0.1, 0.15) is 60.8 Å². The average Bonchev–Trinajstić information content (AvgIpc) is 2.77. The Hall–Kier alpha value is -1.94. The maximum atomic E-state index is 9.02. The van der Waals surface area contributed by atoms with E-state index in [-0.39, 0.29) is 11.6 Å². The molecule has 0 heterocycles.